The summed E-state index contributed by atoms with van der Waals surface area (Å²) in [4.78, 5) is 15.0. The summed E-state index contributed by atoms with van der Waals surface area (Å²) in [6.07, 6.45) is 2.33. The molecule has 2 rings (SSSR count). The van der Waals surface area contributed by atoms with Crippen LogP contribution in [0.15, 0.2) is 17.5 Å². The smallest absolute Gasteiger partial charge is 0.233 e. The van der Waals surface area contributed by atoms with Crippen LogP contribution in [0.25, 0.3) is 0 Å². The molecule has 1 fully saturated rings. The van der Waals surface area contributed by atoms with E-state index >= 15 is 0 Å². The number of nitrogens with zero attached hydrogens (tertiary/aromatic N) is 1. The molecule has 1 saturated heterocycles. The van der Waals surface area contributed by atoms with Crippen molar-refractivity contribution in [3.8, 4) is 0 Å². The van der Waals surface area contributed by atoms with Gasteiger partial charge in [0.2, 0.25) is 5.91 Å². The highest BCUT2D eigenvalue weighted by Gasteiger charge is 2.19. The number of likely N-dealkylation sites (tertiary alicyclic amines) is 1. The molecule has 20 heavy (non-hydrogen) atoms. The Balaban J connectivity index is 0.00000180. The van der Waals surface area contributed by atoms with Crippen molar-refractivity contribution in [2.75, 3.05) is 26.2 Å². The van der Waals surface area contributed by atoms with Crippen molar-refractivity contribution in [1.29, 1.82) is 0 Å². The maximum absolute atomic E-state index is 11.1. The molecular weight excluding hydrogens is 317 g/mol. The third-order valence-electron chi connectivity index (χ3n) is 3.44. The van der Waals surface area contributed by atoms with E-state index in [0.29, 0.717) is 5.92 Å². The van der Waals surface area contributed by atoms with E-state index in [-0.39, 0.29) is 37.3 Å². The number of thiophene rings is 1. The van der Waals surface area contributed by atoms with Crippen molar-refractivity contribution < 1.29 is 4.79 Å². The van der Waals surface area contributed by atoms with Crippen molar-refractivity contribution in [3.05, 3.63) is 22.4 Å². The van der Waals surface area contributed by atoms with Gasteiger partial charge in [-0.3, -0.25) is 9.69 Å². The van der Waals surface area contributed by atoms with Crippen molar-refractivity contribution >= 4 is 42.1 Å². The number of carbonyl (C=O) groups is 1. The summed E-state index contributed by atoms with van der Waals surface area (Å²) < 4.78 is 0. The Morgan fingerprint density at radius 3 is 2.65 bits per heavy atom. The molecule has 1 aliphatic rings. The predicted octanol–water partition coefficient (Wildman–Crippen LogP) is 1.88. The molecule has 0 radical (unpaired) electrons. The zero-order valence-corrected chi connectivity index (χ0v) is 13.9. The fraction of sp³-hybridized carbons (Fsp3) is 0.615. The molecule has 1 aromatic rings. The lowest BCUT2D eigenvalue weighted by atomic mass is 9.97. The van der Waals surface area contributed by atoms with E-state index < -0.39 is 0 Å². The number of hydrogen-bond donors (Lipinski definition) is 2. The third-order valence-corrected chi connectivity index (χ3v) is 4.30. The van der Waals surface area contributed by atoms with Crippen LogP contribution in [0.5, 0.6) is 0 Å². The quantitative estimate of drug-likeness (QED) is 0.860. The largest absolute Gasteiger partial charge is 0.355 e. The molecule has 0 aliphatic carbocycles. The third kappa shape index (κ3) is 6.41. The van der Waals surface area contributed by atoms with Gasteiger partial charge in [0.1, 0.15) is 0 Å². The van der Waals surface area contributed by atoms with Gasteiger partial charge in [0.05, 0.1) is 6.54 Å². The van der Waals surface area contributed by atoms with Crippen LogP contribution in [0.3, 0.4) is 0 Å². The van der Waals surface area contributed by atoms with Gasteiger partial charge in [-0.15, -0.1) is 36.2 Å². The summed E-state index contributed by atoms with van der Waals surface area (Å²) in [7, 11) is 0. The van der Waals surface area contributed by atoms with E-state index in [1.54, 1.807) is 0 Å². The Morgan fingerprint density at radius 2 is 2.10 bits per heavy atom. The van der Waals surface area contributed by atoms with Gasteiger partial charge in [0, 0.05) is 18.0 Å². The van der Waals surface area contributed by atoms with E-state index in [1.165, 1.54) is 4.88 Å². The molecule has 3 N–H and O–H groups in total. The topological polar surface area (TPSA) is 58.4 Å². The molecule has 116 valence electrons. The zero-order valence-electron chi connectivity index (χ0n) is 11.4. The first kappa shape index (κ1) is 19.7. The first-order chi connectivity index (χ1) is 8.78. The van der Waals surface area contributed by atoms with Crippen LogP contribution in [0.4, 0.5) is 0 Å². The first-order valence-electron chi connectivity index (χ1n) is 6.49. The lowest BCUT2D eigenvalue weighted by molar-refractivity contribution is -0.120. The summed E-state index contributed by atoms with van der Waals surface area (Å²) in [6.45, 7) is 4.20. The number of halogens is 2. The Labute approximate surface area is 136 Å². The Bertz CT molecular complexity index is 368. The number of carbonyl (C=O) groups excluding carboxylic acids is 1. The average molecular weight is 340 g/mol. The lowest BCUT2D eigenvalue weighted by Gasteiger charge is -2.31. The summed E-state index contributed by atoms with van der Waals surface area (Å²) in [6, 6.07) is 4.30. The molecule has 0 unspecified atom stereocenters. The van der Waals surface area contributed by atoms with Crippen LogP contribution < -0.4 is 11.1 Å². The molecule has 0 saturated carbocycles. The molecule has 4 nitrogen and oxygen atoms in total. The predicted molar refractivity (Wildman–Crippen MR) is 88.9 cm³/mol. The minimum atomic E-state index is -0.0454. The van der Waals surface area contributed by atoms with E-state index in [1.807, 2.05) is 11.3 Å². The minimum absolute atomic E-state index is 0. The Morgan fingerprint density at radius 1 is 1.40 bits per heavy atom. The summed E-state index contributed by atoms with van der Waals surface area (Å²) >= 11 is 1.82. The van der Waals surface area contributed by atoms with Gasteiger partial charge < -0.3 is 11.1 Å². The number of piperidine rings is 1. The van der Waals surface area contributed by atoms with Gasteiger partial charge >= 0.3 is 0 Å². The van der Waals surface area contributed by atoms with Crippen LogP contribution in [-0.4, -0.2) is 37.0 Å². The Hall–Kier alpha value is -0.330. The van der Waals surface area contributed by atoms with Crippen LogP contribution in [0.2, 0.25) is 0 Å². The molecular formula is C13H23Cl2N3OS. The molecule has 7 heteroatoms. The molecule has 1 amide bonds. The monoisotopic (exact) mass is 339 g/mol. The summed E-state index contributed by atoms with van der Waals surface area (Å²) in [5.74, 6) is 0.566. The van der Waals surface area contributed by atoms with Gasteiger partial charge in [-0.25, -0.2) is 0 Å². The molecule has 0 bridgehead atoms. The highest BCUT2D eigenvalue weighted by Crippen LogP contribution is 2.20. The van der Waals surface area contributed by atoms with Gasteiger partial charge in [0.25, 0.3) is 0 Å². The fourth-order valence-corrected chi connectivity index (χ4v) is 3.05. The number of nitrogens with one attached hydrogen (secondary N) is 1. The molecule has 1 aliphatic heterocycles. The molecule has 1 aromatic heterocycles. The van der Waals surface area contributed by atoms with Crippen molar-refractivity contribution in [3.63, 3.8) is 0 Å². The van der Waals surface area contributed by atoms with Crippen LogP contribution in [0, 0.1) is 5.92 Å². The number of rotatable bonds is 5. The van der Waals surface area contributed by atoms with Crippen molar-refractivity contribution in [2.24, 2.45) is 11.7 Å². The highest BCUT2D eigenvalue weighted by molar-refractivity contribution is 7.09. The van der Waals surface area contributed by atoms with Gasteiger partial charge in [-0.1, -0.05) is 6.07 Å². The highest BCUT2D eigenvalue weighted by atomic mass is 35.5. The Kier molecular flexibility index (Phi) is 10.2. The van der Waals surface area contributed by atoms with E-state index in [0.717, 1.165) is 39.0 Å². The van der Waals surface area contributed by atoms with Crippen molar-refractivity contribution in [1.82, 2.24) is 10.2 Å². The van der Waals surface area contributed by atoms with E-state index in [4.69, 9.17) is 5.73 Å². The number of hydrogen-bond acceptors (Lipinski definition) is 4. The molecule has 0 spiro atoms. The molecule has 0 aromatic carbocycles. The van der Waals surface area contributed by atoms with Crippen LogP contribution in [-0.2, 0) is 11.3 Å². The van der Waals surface area contributed by atoms with Crippen molar-refractivity contribution in [2.45, 2.75) is 19.4 Å². The summed E-state index contributed by atoms with van der Waals surface area (Å²) in [5, 5.41) is 5.01. The van der Waals surface area contributed by atoms with Crippen LogP contribution in [0.1, 0.15) is 17.7 Å². The summed E-state index contributed by atoms with van der Waals surface area (Å²) in [5.41, 5.74) is 5.27. The molecule has 2 heterocycles. The molecule has 0 atom stereocenters. The lowest BCUT2D eigenvalue weighted by Crippen LogP contribution is -2.39. The van der Waals surface area contributed by atoms with Crippen LogP contribution >= 0.6 is 36.2 Å². The second-order valence-corrected chi connectivity index (χ2v) is 5.84. The normalized spacial score (nSPS) is 16.1. The first-order valence-corrected chi connectivity index (χ1v) is 7.37. The van der Waals surface area contributed by atoms with Gasteiger partial charge in [-0.2, -0.15) is 0 Å². The maximum atomic E-state index is 11.1. The second-order valence-electron chi connectivity index (χ2n) is 4.81. The number of amides is 1. The number of nitrogens with two attached hydrogens (primary N) is 1. The van der Waals surface area contributed by atoms with E-state index in [2.05, 4.69) is 27.7 Å². The van der Waals surface area contributed by atoms with E-state index in [9.17, 15) is 4.79 Å². The standard InChI is InChI=1S/C13H21N3OS.2ClH/c14-8-13(17)15-9-11-3-5-16(6-4-11)10-12-2-1-7-18-12;;/h1-2,7,11H,3-6,8-10,14H2,(H,15,17);2*1H. The van der Waals surface area contributed by atoms with Gasteiger partial charge in [-0.05, 0) is 43.3 Å². The zero-order chi connectivity index (χ0) is 12.8. The fourth-order valence-electron chi connectivity index (χ4n) is 2.30. The second kappa shape index (κ2) is 10.4. The maximum Gasteiger partial charge on any atom is 0.233 e. The van der Waals surface area contributed by atoms with Gasteiger partial charge in [0.15, 0.2) is 0 Å². The average Bonchev–Trinajstić information content (AvgIpc) is 2.90. The minimum Gasteiger partial charge on any atom is -0.355 e. The SMILES string of the molecule is Cl.Cl.NCC(=O)NCC1CCN(Cc2cccs2)CC1.